The minimum absolute atomic E-state index is 0.459. The lowest BCUT2D eigenvalue weighted by Gasteiger charge is -2.17. The molecule has 0 saturated heterocycles. The molecule has 378 valence electrons. The second-order valence-electron chi connectivity index (χ2n) is 19.5. The molecule has 0 spiro atoms. The summed E-state index contributed by atoms with van der Waals surface area (Å²) >= 11 is 22.1. The molecule has 18 heteroatoms. The van der Waals surface area contributed by atoms with Crippen LogP contribution < -0.4 is 0 Å². The average molecular weight is 1400 g/mol. The van der Waals surface area contributed by atoms with Crippen LogP contribution in [0.15, 0.2) is 137 Å². The van der Waals surface area contributed by atoms with Crippen molar-refractivity contribution in [2.75, 3.05) is 0 Å². The summed E-state index contributed by atoms with van der Waals surface area (Å²) in [5.74, 6) is 0. The first kappa shape index (κ1) is 50.9. The van der Waals surface area contributed by atoms with Crippen LogP contribution in [0.3, 0.4) is 0 Å². The summed E-state index contributed by atoms with van der Waals surface area (Å²) in [6.07, 6.45) is 0. The van der Waals surface area contributed by atoms with Gasteiger partial charge < -0.3 is 0 Å². The number of aryl methyl sites for hydroxylation is 6. The second-order valence-corrected chi connectivity index (χ2v) is 24.3. The van der Waals surface area contributed by atoms with E-state index in [0.29, 0.717) is 128 Å². The molecule has 0 bridgehead atoms. The van der Waals surface area contributed by atoms with Crippen molar-refractivity contribution < 1.29 is 0 Å². The summed E-state index contributed by atoms with van der Waals surface area (Å²) < 4.78 is 4.15. The Bertz CT molecular complexity index is 3880. The molecule has 13 aromatic rings. The highest BCUT2D eigenvalue weighted by molar-refractivity contribution is 9.11. The molecule has 0 aliphatic heterocycles. The minimum atomic E-state index is 0.459. The first-order valence-electron chi connectivity index (χ1n) is 24.4. The number of halogens is 6. The van der Waals surface area contributed by atoms with E-state index in [-0.39, 0.29) is 0 Å². The van der Waals surface area contributed by atoms with E-state index < -0.39 is 0 Å². The Hall–Kier alpha value is -6.54. The van der Waals surface area contributed by atoms with Gasteiger partial charge in [0.25, 0.3) is 0 Å². The molecule has 0 N–H and O–H groups in total. The molecule has 12 nitrogen and oxygen atoms in total. The Labute approximate surface area is 496 Å². The number of nitrogens with zero attached hydrogens (tertiary/aromatic N) is 12. The van der Waals surface area contributed by atoms with Crippen molar-refractivity contribution in [3.63, 3.8) is 0 Å². The highest BCUT2D eigenvalue weighted by Gasteiger charge is 2.27. The van der Waals surface area contributed by atoms with Gasteiger partial charge in [-0.25, -0.2) is 59.8 Å². The fraction of sp³-hybridized carbons (Fsp3) is 0.100. The SMILES string of the molecule is Cc1cc(Br)nc(-c2ccc(-c3cc(C)cc(Br)n3)c3nc4c(nc23)c2nc3c(-c5cc(C)cc(Br)n5)ccc(-c5cc(C)cc(Br)n5)c3nc2c2nc3c(-c5cc(C)cc(Br)n5)ccc(-c5cc(C)cc(Br)n5)c3nc42)c1. The van der Waals surface area contributed by atoms with Crippen molar-refractivity contribution in [2.45, 2.75) is 41.5 Å². The van der Waals surface area contributed by atoms with Gasteiger partial charge in [-0.05, 0) is 280 Å². The van der Waals surface area contributed by atoms with Gasteiger partial charge in [0.1, 0.15) is 60.7 Å². The summed E-state index contributed by atoms with van der Waals surface area (Å²) in [6, 6.07) is 36.4. The molecule has 0 aliphatic rings. The van der Waals surface area contributed by atoms with Crippen LogP contribution in [0, 0.1) is 41.5 Å². The molecule has 0 unspecified atom stereocenters. The molecule has 0 amide bonds. The first-order valence-corrected chi connectivity index (χ1v) is 29.2. The number of pyridine rings is 6. The first-order chi connectivity index (χ1) is 37.5. The Balaban J connectivity index is 1.28. The molecule has 4 aromatic carbocycles. The number of hydrogen-bond acceptors (Lipinski definition) is 12. The van der Waals surface area contributed by atoms with Gasteiger partial charge in [0.05, 0.1) is 67.3 Å². The number of hydrogen-bond donors (Lipinski definition) is 0. The average Bonchev–Trinajstić information content (AvgIpc) is 3.01. The maximum atomic E-state index is 5.73. The van der Waals surface area contributed by atoms with Gasteiger partial charge in [-0.3, -0.25) is 0 Å². The van der Waals surface area contributed by atoms with Gasteiger partial charge in [-0.1, -0.05) is 0 Å². The van der Waals surface area contributed by atoms with Crippen molar-refractivity contribution in [3.8, 4) is 67.5 Å². The van der Waals surface area contributed by atoms with E-state index in [1.165, 1.54) is 0 Å². The molecule has 0 saturated carbocycles. The van der Waals surface area contributed by atoms with E-state index in [4.69, 9.17) is 59.8 Å². The highest BCUT2D eigenvalue weighted by Crippen LogP contribution is 2.43. The van der Waals surface area contributed by atoms with Crippen molar-refractivity contribution in [3.05, 3.63) is 170 Å². The maximum Gasteiger partial charge on any atom is 0.120 e. The number of aromatic nitrogens is 12. The molecular formula is C60H36Br6N12. The van der Waals surface area contributed by atoms with Crippen LogP contribution in [-0.4, -0.2) is 59.8 Å². The third-order valence-electron chi connectivity index (χ3n) is 13.4. The smallest absolute Gasteiger partial charge is 0.120 e. The molecule has 9 heterocycles. The van der Waals surface area contributed by atoms with Crippen LogP contribution in [0.2, 0.25) is 0 Å². The summed E-state index contributed by atoms with van der Waals surface area (Å²) in [7, 11) is 0. The second kappa shape index (κ2) is 19.7. The third kappa shape index (κ3) is 9.17. The number of benzene rings is 4. The molecule has 0 fully saturated rings. The van der Waals surface area contributed by atoms with Crippen molar-refractivity contribution in [1.82, 2.24) is 59.8 Å². The number of fused-ring (bicyclic) bond motifs is 9. The molecule has 9 aromatic heterocycles. The van der Waals surface area contributed by atoms with Crippen molar-refractivity contribution in [1.29, 1.82) is 0 Å². The quantitative estimate of drug-likeness (QED) is 0.0884. The van der Waals surface area contributed by atoms with Crippen LogP contribution >= 0.6 is 95.6 Å². The summed E-state index contributed by atoms with van der Waals surface area (Å²) in [5.41, 5.74) is 21.2. The van der Waals surface area contributed by atoms with Crippen LogP contribution in [0.4, 0.5) is 0 Å². The normalized spacial score (nSPS) is 11.8. The van der Waals surface area contributed by atoms with Crippen molar-refractivity contribution >= 4 is 162 Å². The molecule has 0 radical (unpaired) electrons. The van der Waals surface area contributed by atoms with Crippen LogP contribution in [-0.2, 0) is 0 Å². The molecule has 0 atom stereocenters. The van der Waals surface area contributed by atoms with E-state index >= 15 is 0 Å². The van der Waals surface area contributed by atoms with E-state index in [2.05, 4.69) is 95.6 Å². The van der Waals surface area contributed by atoms with E-state index in [9.17, 15) is 0 Å². The van der Waals surface area contributed by atoms with E-state index in [0.717, 1.165) is 66.8 Å². The Morgan fingerprint density at radius 2 is 0.333 bits per heavy atom. The molecule has 78 heavy (non-hydrogen) atoms. The third-order valence-corrected chi connectivity index (χ3v) is 15.9. The summed E-state index contributed by atoms with van der Waals surface area (Å²) in [5, 5.41) is 0. The molecule has 0 aliphatic carbocycles. The summed E-state index contributed by atoms with van der Waals surface area (Å²) in [4.78, 5) is 64.3. The zero-order valence-electron chi connectivity index (χ0n) is 42.0. The topological polar surface area (TPSA) is 155 Å². The predicted octanol–water partition coefficient (Wildman–Crippen LogP) is 17.8. The monoisotopic (exact) mass is 1400 g/mol. The molecular weight excluding hydrogens is 1370 g/mol. The fourth-order valence-corrected chi connectivity index (χ4v) is 13.5. The number of rotatable bonds is 6. The van der Waals surface area contributed by atoms with Crippen molar-refractivity contribution in [2.24, 2.45) is 0 Å². The van der Waals surface area contributed by atoms with Gasteiger partial charge in [-0.15, -0.1) is 0 Å². The van der Waals surface area contributed by atoms with Crippen LogP contribution in [0.1, 0.15) is 33.4 Å². The van der Waals surface area contributed by atoms with Gasteiger partial charge in [-0.2, -0.15) is 0 Å². The predicted molar refractivity (Wildman–Crippen MR) is 332 cm³/mol. The van der Waals surface area contributed by atoms with Gasteiger partial charge in [0, 0.05) is 33.4 Å². The van der Waals surface area contributed by atoms with Crippen LogP contribution in [0.25, 0.3) is 134 Å². The van der Waals surface area contributed by atoms with Crippen LogP contribution in [0.5, 0.6) is 0 Å². The lowest BCUT2D eigenvalue weighted by atomic mass is 9.99. The van der Waals surface area contributed by atoms with Gasteiger partial charge >= 0.3 is 0 Å². The Morgan fingerprint density at radius 3 is 0.462 bits per heavy atom. The fourth-order valence-electron chi connectivity index (χ4n) is 10.2. The van der Waals surface area contributed by atoms with E-state index in [1.54, 1.807) is 0 Å². The highest BCUT2D eigenvalue weighted by atomic mass is 79.9. The van der Waals surface area contributed by atoms with E-state index in [1.807, 2.05) is 151 Å². The van der Waals surface area contributed by atoms with Gasteiger partial charge in [0.15, 0.2) is 0 Å². The lowest BCUT2D eigenvalue weighted by Crippen LogP contribution is -2.03. The maximum absolute atomic E-state index is 5.73. The zero-order chi connectivity index (χ0) is 54.0. The minimum Gasteiger partial charge on any atom is -0.241 e. The van der Waals surface area contributed by atoms with Gasteiger partial charge in [0.2, 0.25) is 0 Å². The Morgan fingerprint density at radius 1 is 0.192 bits per heavy atom. The zero-order valence-corrected chi connectivity index (χ0v) is 51.5. The lowest BCUT2D eigenvalue weighted by molar-refractivity contribution is 1.23. The summed E-state index contributed by atoms with van der Waals surface area (Å²) in [6.45, 7) is 12.3. The molecule has 13 rings (SSSR count). The largest absolute Gasteiger partial charge is 0.241 e. The Kier molecular flexibility index (Phi) is 12.8. The standard InChI is InChI=1S/C60H36Br6N12/c1-25-13-37(67-43(61)19-25)31-7-8-32(38-14-26(2)20-44(62)68-38)50-49(31)73-55-56(74-50)58-60(78-54-36(42-18-30(6)24-48(66)72-42)12-11-35(53(54)76-58)41-17-29(5)23-47(65)71-41)59-57(55)75-51-33(39-15-27(3)21-45(63)69-39)9-10-34(52(51)77-59)40-16-28(4)22-46(64)70-40/h7-24H,1-6H3.